The number of nitrogens with zero attached hydrogens (tertiary/aromatic N) is 3. The van der Waals surface area contributed by atoms with Crippen LogP contribution >= 0.6 is 11.6 Å². The number of halogens is 1. The van der Waals surface area contributed by atoms with E-state index in [4.69, 9.17) is 11.6 Å². The lowest BCUT2D eigenvalue weighted by molar-refractivity contribution is -0.131. The van der Waals surface area contributed by atoms with Crippen molar-refractivity contribution in [2.75, 3.05) is 45.2 Å². The number of rotatable bonds is 8. The van der Waals surface area contributed by atoms with Gasteiger partial charge in [0.15, 0.2) is 0 Å². The van der Waals surface area contributed by atoms with E-state index in [9.17, 15) is 14.4 Å². The van der Waals surface area contributed by atoms with Gasteiger partial charge >= 0.3 is 0 Å². The predicted molar refractivity (Wildman–Crippen MR) is 183 cm³/mol. The highest BCUT2D eigenvalue weighted by Crippen LogP contribution is 2.33. The van der Waals surface area contributed by atoms with E-state index in [1.165, 1.54) is 0 Å². The zero-order valence-corrected chi connectivity index (χ0v) is 27.5. The van der Waals surface area contributed by atoms with Crippen LogP contribution in [0.25, 0.3) is 10.9 Å². The molecule has 1 fully saturated rings. The molecule has 3 aromatic carbocycles. The highest BCUT2D eigenvalue weighted by molar-refractivity contribution is 6.30. The van der Waals surface area contributed by atoms with Crippen molar-refractivity contribution in [1.82, 2.24) is 20.1 Å². The van der Waals surface area contributed by atoms with Gasteiger partial charge in [0.25, 0.3) is 5.91 Å². The van der Waals surface area contributed by atoms with Crippen LogP contribution < -0.4 is 10.2 Å². The minimum atomic E-state index is -0.764. The first-order valence-electron chi connectivity index (χ1n) is 16.1. The highest BCUT2D eigenvalue weighted by atomic mass is 35.5. The zero-order valence-electron chi connectivity index (χ0n) is 26.8. The van der Waals surface area contributed by atoms with Crippen molar-refractivity contribution in [3.63, 3.8) is 0 Å². The third kappa shape index (κ3) is 6.83. The molecule has 1 aromatic heterocycles. The topological polar surface area (TPSA) is 88.8 Å². The number of hydrogen-bond donors (Lipinski definition) is 2. The molecule has 0 aliphatic carbocycles. The minimum Gasteiger partial charge on any atom is -0.361 e. The molecular weight excluding hydrogens is 598 g/mol. The van der Waals surface area contributed by atoms with Gasteiger partial charge in [0.2, 0.25) is 11.8 Å². The Morgan fingerprint density at radius 2 is 1.76 bits per heavy atom. The number of piperidine rings is 1. The van der Waals surface area contributed by atoms with Gasteiger partial charge in [0, 0.05) is 71.9 Å². The first-order chi connectivity index (χ1) is 22.2. The lowest BCUT2D eigenvalue weighted by Gasteiger charge is -2.38. The summed E-state index contributed by atoms with van der Waals surface area (Å²) in [4.78, 5) is 50.8. The standard InChI is InChI=1S/C37H42ClN5O3/c1-24-8-4-5-9-30(24)36(45)42-16-14-26(15-17-42)35(44)40-33(20-28-21-39-32-11-7-6-10-31(28)32)37(46)43-23-25(22-41(2)3)18-27-19-29(38)12-13-34(27)43/h4-13,19,21,25-26,33,39H,14-18,20,22-23H2,1-3H3,(H,40,44)/t25?,33-/m1/s1. The second-order valence-corrected chi connectivity index (χ2v) is 13.5. The third-order valence-corrected chi connectivity index (χ3v) is 9.65. The summed E-state index contributed by atoms with van der Waals surface area (Å²) in [5.41, 5.74) is 5.51. The summed E-state index contributed by atoms with van der Waals surface area (Å²) < 4.78 is 0. The lowest BCUT2D eigenvalue weighted by Crippen LogP contribution is -2.54. The summed E-state index contributed by atoms with van der Waals surface area (Å²) in [5.74, 6) is -0.324. The van der Waals surface area contributed by atoms with Crippen LogP contribution in [0.3, 0.4) is 0 Å². The van der Waals surface area contributed by atoms with Crippen molar-refractivity contribution in [1.29, 1.82) is 0 Å². The third-order valence-electron chi connectivity index (χ3n) is 9.41. The van der Waals surface area contributed by atoms with E-state index in [0.29, 0.717) is 49.5 Å². The summed E-state index contributed by atoms with van der Waals surface area (Å²) in [6, 6.07) is 20.6. The van der Waals surface area contributed by atoms with E-state index < -0.39 is 6.04 Å². The number of fused-ring (bicyclic) bond motifs is 2. The van der Waals surface area contributed by atoms with Gasteiger partial charge in [0.05, 0.1) is 0 Å². The summed E-state index contributed by atoms with van der Waals surface area (Å²) in [5, 5.41) is 4.87. The van der Waals surface area contributed by atoms with Crippen LogP contribution in [0.2, 0.25) is 5.02 Å². The molecule has 9 heteroatoms. The molecule has 0 radical (unpaired) electrons. The van der Waals surface area contributed by atoms with Crippen molar-refractivity contribution < 1.29 is 14.4 Å². The fourth-order valence-electron chi connectivity index (χ4n) is 7.09. The molecule has 2 aliphatic rings. The number of aryl methyl sites for hydroxylation is 1. The molecule has 0 spiro atoms. The summed E-state index contributed by atoms with van der Waals surface area (Å²) >= 11 is 6.40. The average Bonchev–Trinajstić information content (AvgIpc) is 3.46. The molecule has 3 amide bonds. The Morgan fingerprint density at radius 1 is 1.02 bits per heavy atom. The Labute approximate surface area is 275 Å². The molecule has 3 heterocycles. The van der Waals surface area contributed by atoms with Gasteiger partial charge in [-0.2, -0.15) is 0 Å². The zero-order chi connectivity index (χ0) is 32.4. The number of nitrogens with one attached hydrogen (secondary N) is 2. The van der Waals surface area contributed by atoms with Crippen molar-refractivity contribution >= 4 is 45.9 Å². The number of carbonyl (C=O) groups excluding carboxylic acids is 3. The number of aromatic nitrogens is 1. The summed E-state index contributed by atoms with van der Waals surface area (Å²) in [6.45, 7) is 4.33. The van der Waals surface area contributed by atoms with E-state index in [2.05, 4.69) is 15.2 Å². The van der Waals surface area contributed by atoms with E-state index in [-0.39, 0.29) is 29.6 Å². The molecule has 1 saturated heterocycles. The Bertz CT molecular complexity index is 1740. The maximum Gasteiger partial charge on any atom is 0.254 e. The normalized spacial score (nSPS) is 17.6. The number of para-hydroxylation sites is 1. The number of carbonyl (C=O) groups is 3. The minimum absolute atomic E-state index is 0.000457. The van der Waals surface area contributed by atoms with Gasteiger partial charge in [-0.1, -0.05) is 48.0 Å². The highest BCUT2D eigenvalue weighted by Gasteiger charge is 2.36. The number of hydrogen-bond acceptors (Lipinski definition) is 4. The molecule has 1 unspecified atom stereocenters. The lowest BCUT2D eigenvalue weighted by atomic mass is 9.90. The van der Waals surface area contributed by atoms with Gasteiger partial charge in [-0.15, -0.1) is 0 Å². The molecule has 240 valence electrons. The second kappa shape index (κ2) is 13.7. The Morgan fingerprint density at radius 3 is 2.52 bits per heavy atom. The number of amides is 3. The molecular formula is C37H42ClN5O3. The van der Waals surface area contributed by atoms with Crippen LogP contribution in [-0.4, -0.2) is 78.8 Å². The molecule has 4 aromatic rings. The number of anilines is 1. The largest absolute Gasteiger partial charge is 0.361 e. The van der Waals surface area contributed by atoms with Crippen LogP contribution in [0.1, 0.15) is 39.9 Å². The van der Waals surface area contributed by atoms with Crippen LogP contribution in [0.4, 0.5) is 5.69 Å². The van der Waals surface area contributed by atoms with Crippen LogP contribution in [0.5, 0.6) is 0 Å². The summed E-state index contributed by atoms with van der Waals surface area (Å²) in [6.07, 6.45) is 4.22. The second-order valence-electron chi connectivity index (χ2n) is 13.1. The van der Waals surface area contributed by atoms with Gasteiger partial charge in [-0.05, 0) is 93.2 Å². The maximum absolute atomic E-state index is 14.6. The van der Waals surface area contributed by atoms with E-state index >= 15 is 0 Å². The van der Waals surface area contributed by atoms with Crippen molar-refractivity contribution in [3.05, 3.63) is 100 Å². The first kappa shape index (κ1) is 31.8. The van der Waals surface area contributed by atoms with Crippen molar-refractivity contribution in [2.45, 2.75) is 38.6 Å². The number of aromatic amines is 1. The van der Waals surface area contributed by atoms with Gasteiger partial charge < -0.3 is 25.0 Å². The average molecular weight is 640 g/mol. The number of likely N-dealkylation sites (tertiary alicyclic amines) is 1. The summed E-state index contributed by atoms with van der Waals surface area (Å²) in [7, 11) is 4.08. The molecule has 2 N–H and O–H groups in total. The van der Waals surface area contributed by atoms with Crippen molar-refractivity contribution in [2.24, 2.45) is 11.8 Å². The first-order valence-corrected chi connectivity index (χ1v) is 16.5. The molecule has 0 bridgehead atoms. The van der Waals surface area contributed by atoms with E-state index in [1.54, 1.807) is 0 Å². The molecule has 8 nitrogen and oxygen atoms in total. The fraction of sp³-hybridized carbons (Fsp3) is 0.378. The van der Waals surface area contributed by atoms with Gasteiger partial charge in [0.1, 0.15) is 6.04 Å². The number of H-pyrrole nitrogens is 1. The molecule has 2 aliphatic heterocycles. The Kier molecular flexibility index (Phi) is 9.47. The predicted octanol–water partition coefficient (Wildman–Crippen LogP) is 5.48. The molecule has 0 saturated carbocycles. The fourth-order valence-corrected chi connectivity index (χ4v) is 7.28. The van der Waals surface area contributed by atoms with Crippen LogP contribution in [0, 0.1) is 18.8 Å². The molecule has 46 heavy (non-hydrogen) atoms. The smallest absolute Gasteiger partial charge is 0.254 e. The number of benzene rings is 3. The quantitative estimate of drug-likeness (QED) is 0.267. The SMILES string of the molecule is Cc1ccccc1C(=O)N1CCC(C(=O)N[C@H](Cc2c[nH]c3ccccc23)C(=O)N2CC(CN(C)C)Cc3cc(Cl)ccc32)CC1. The monoisotopic (exact) mass is 639 g/mol. The van der Waals surface area contributed by atoms with Gasteiger partial charge in [-0.25, -0.2) is 0 Å². The Hall–Kier alpha value is -4.14. The molecule has 2 atom stereocenters. The van der Waals surface area contributed by atoms with Crippen molar-refractivity contribution in [3.8, 4) is 0 Å². The van der Waals surface area contributed by atoms with E-state index in [0.717, 1.165) is 46.2 Å². The van der Waals surface area contributed by atoms with E-state index in [1.807, 2.05) is 104 Å². The van der Waals surface area contributed by atoms with Crippen LogP contribution in [0.15, 0.2) is 72.9 Å². The Balaban J connectivity index is 1.23. The van der Waals surface area contributed by atoms with Gasteiger partial charge in [-0.3, -0.25) is 14.4 Å². The molecule has 6 rings (SSSR count). The van der Waals surface area contributed by atoms with Crippen LogP contribution in [-0.2, 0) is 22.4 Å². The maximum atomic E-state index is 14.6.